The molecule has 0 fully saturated rings. The van der Waals surface area contributed by atoms with Crippen molar-refractivity contribution in [3.05, 3.63) is 11.8 Å². The molecule has 0 unspecified atom stereocenters. The summed E-state index contributed by atoms with van der Waals surface area (Å²) in [6.45, 7) is 14.4. The van der Waals surface area contributed by atoms with Crippen molar-refractivity contribution in [1.82, 2.24) is 0 Å². The van der Waals surface area contributed by atoms with Gasteiger partial charge < -0.3 is 4.74 Å². The van der Waals surface area contributed by atoms with E-state index in [9.17, 15) is 4.79 Å². The highest BCUT2D eigenvalue weighted by molar-refractivity contribution is 6.90. The lowest BCUT2D eigenvalue weighted by Crippen LogP contribution is -2.40. The first-order valence-corrected chi connectivity index (χ1v) is 25.1. The highest BCUT2D eigenvalue weighted by Gasteiger charge is 2.38. The summed E-state index contributed by atoms with van der Waals surface area (Å²) in [5.41, 5.74) is 0. The molecule has 0 aromatic carbocycles. The highest BCUT2D eigenvalue weighted by Crippen LogP contribution is 2.36. The predicted octanol–water partition coefficient (Wildman–Crippen LogP) is 16.4. The van der Waals surface area contributed by atoms with Crippen LogP contribution in [-0.2, 0) is 9.53 Å². The molecule has 0 radical (unpaired) electrons. The van der Waals surface area contributed by atoms with Gasteiger partial charge in [-0.15, -0.1) is 0 Å². The van der Waals surface area contributed by atoms with Crippen LogP contribution in [-0.4, -0.2) is 20.7 Å². The first kappa shape index (κ1) is 47.4. The molecular formula is C45H90O2Si. The summed E-state index contributed by atoms with van der Waals surface area (Å²) < 4.78 is 6.00. The Bertz CT molecular complexity index is 633. The summed E-state index contributed by atoms with van der Waals surface area (Å²) in [4.78, 5) is 13.6. The fourth-order valence-electron chi connectivity index (χ4n) is 7.68. The van der Waals surface area contributed by atoms with E-state index in [-0.39, 0.29) is 5.97 Å². The molecule has 0 aliphatic heterocycles. The molecule has 0 rings (SSSR count). The molecule has 0 bridgehead atoms. The third-order valence-electron chi connectivity index (χ3n) is 11.1. The second kappa shape index (κ2) is 37.7. The SMILES string of the molecule is C=C(C(=O)OCCCCCCCCCCCCCCCCCC)[Si](CCCCCCCC)(CCCCCCCC)CCCCCCCC. The monoisotopic (exact) mass is 691 g/mol. The number of unbranched alkanes of at least 4 members (excludes halogenated alkanes) is 30. The Labute approximate surface area is 305 Å². The van der Waals surface area contributed by atoms with Crippen LogP contribution in [0.3, 0.4) is 0 Å². The van der Waals surface area contributed by atoms with E-state index in [1.165, 1.54) is 230 Å². The molecule has 0 aromatic heterocycles. The van der Waals surface area contributed by atoms with Crippen molar-refractivity contribution in [2.75, 3.05) is 6.61 Å². The van der Waals surface area contributed by atoms with Gasteiger partial charge in [-0.2, -0.15) is 0 Å². The average Bonchev–Trinajstić information content (AvgIpc) is 3.09. The minimum atomic E-state index is -1.95. The van der Waals surface area contributed by atoms with Crippen molar-refractivity contribution in [2.45, 2.75) is 264 Å². The standard InChI is InChI=1S/C45H90O2Si/c1-6-10-14-18-22-23-24-25-26-27-28-29-30-31-32-36-40-47-45(46)44(5)48(41-37-33-19-15-11-7-2,42-38-34-20-16-12-8-3)43-39-35-21-17-13-9-4/h5-43H2,1-4H3. The third-order valence-corrected chi connectivity index (χ3v) is 16.6. The van der Waals surface area contributed by atoms with E-state index in [1.807, 2.05) is 0 Å². The van der Waals surface area contributed by atoms with Gasteiger partial charge in [-0.25, -0.2) is 4.79 Å². The van der Waals surface area contributed by atoms with Gasteiger partial charge in [0.2, 0.25) is 0 Å². The molecular weight excluding hydrogens is 601 g/mol. The van der Waals surface area contributed by atoms with Gasteiger partial charge in [0.15, 0.2) is 0 Å². The molecule has 0 aliphatic carbocycles. The second-order valence-corrected chi connectivity index (χ2v) is 20.4. The molecule has 0 heterocycles. The average molecular weight is 691 g/mol. The molecule has 0 saturated carbocycles. The summed E-state index contributed by atoms with van der Waals surface area (Å²) >= 11 is 0. The molecule has 0 atom stereocenters. The second-order valence-electron chi connectivity index (χ2n) is 15.8. The Hall–Kier alpha value is -0.573. The third kappa shape index (κ3) is 29.2. The van der Waals surface area contributed by atoms with Crippen LogP contribution >= 0.6 is 0 Å². The number of hydrogen-bond acceptors (Lipinski definition) is 2. The van der Waals surface area contributed by atoms with Crippen molar-refractivity contribution >= 4 is 14.0 Å². The molecule has 2 nitrogen and oxygen atoms in total. The summed E-state index contributed by atoms with van der Waals surface area (Å²) in [6, 6.07) is 3.78. The minimum Gasteiger partial charge on any atom is -0.463 e. The number of esters is 1. The van der Waals surface area contributed by atoms with Crippen LogP contribution in [0.15, 0.2) is 11.8 Å². The fourth-order valence-corrected chi connectivity index (χ4v) is 12.6. The lowest BCUT2D eigenvalue weighted by Gasteiger charge is -2.33. The van der Waals surface area contributed by atoms with Crippen molar-refractivity contribution in [2.24, 2.45) is 0 Å². The highest BCUT2D eigenvalue weighted by atomic mass is 28.3. The van der Waals surface area contributed by atoms with E-state index in [4.69, 9.17) is 4.74 Å². The van der Waals surface area contributed by atoms with Gasteiger partial charge >= 0.3 is 5.97 Å². The van der Waals surface area contributed by atoms with E-state index < -0.39 is 8.07 Å². The molecule has 0 amide bonds. The maximum Gasteiger partial charge on any atom is 0.329 e. The number of hydrogen-bond donors (Lipinski definition) is 0. The van der Waals surface area contributed by atoms with E-state index in [0.29, 0.717) is 6.61 Å². The van der Waals surface area contributed by atoms with Crippen LogP contribution in [0.5, 0.6) is 0 Å². The van der Waals surface area contributed by atoms with E-state index >= 15 is 0 Å². The zero-order chi connectivity index (χ0) is 35.2. The van der Waals surface area contributed by atoms with Gasteiger partial charge in [0.25, 0.3) is 0 Å². The quantitative estimate of drug-likeness (QED) is 0.0277. The van der Waals surface area contributed by atoms with E-state index in [0.717, 1.165) is 11.6 Å². The van der Waals surface area contributed by atoms with Gasteiger partial charge in [-0.1, -0.05) is 264 Å². The Balaban J connectivity index is 4.65. The zero-order valence-corrected chi connectivity index (χ0v) is 34.9. The largest absolute Gasteiger partial charge is 0.463 e. The Kier molecular flexibility index (Phi) is 37.2. The number of carbonyl (C=O) groups is 1. The molecule has 48 heavy (non-hydrogen) atoms. The Morgan fingerprint density at radius 3 is 0.875 bits per heavy atom. The molecule has 0 N–H and O–H groups in total. The van der Waals surface area contributed by atoms with Crippen molar-refractivity contribution in [3.8, 4) is 0 Å². The Morgan fingerprint density at radius 2 is 0.604 bits per heavy atom. The normalized spacial score (nSPS) is 11.8. The minimum absolute atomic E-state index is 0.0226. The molecule has 0 spiro atoms. The van der Waals surface area contributed by atoms with Gasteiger partial charge in [-0.05, 0) is 6.42 Å². The lowest BCUT2D eigenvalue weighted by molar-refractivity contribution is -0.138. The molecule has 0 aliphatic rings. The fraction of sp³-hybridized carbons (Fsp3) is 0.933. The molecule has 286 valence electrons. The summed E-state index contributed by atoms with van der Waals surface area (Å²) in [6.07, 6.45) is 45.8. The van der Waals surface area contributed by atoms with Crippen LogP contribution in [0.4, 0.5) is 0 Å². The van der Waals surface area contributed by atoms with Gasteiger partial charge in [0, 0.05) is 5.20 Å². The van der Waals surface area contributed by atoms with Crippen molar-refractivity contribution in [1.29, 1.82) is 0 Å². The van der Waals surface area contributed by atoms with Crippen molar-refractivity contribution in [3.63, 3.8) is 0 Å². The summed E-state index contributed by atoms with van der Waals surface area (Å²) in [7, 11) is -1.95. The smallest absolute Gasteiger partial charge is 0.329 e. The number of ether oxygens (including phenoxy) is 1. The van der Waals surface area contributed by atoms with E-state index in [2.05, 4.69) is 34.3 Å². The lowest BCUT2D eigenvalue weighted by atomic mass is 10.0. The van der Waals surface area contributed by atoms with Crippen LogP contribution < -0.4 is 0 Å². The van der Waals surface area contributed by atoms with Crippen LogP contribution in [0, 0.1) is 0 Å². The van der Waals surface area contributed by atoms with Gasteiger partial charge in [-0.3, -0.25) is 0 Å². The van der Waals surface area contributed by atoms with Gasteiger partial charge in [0.1, 0.15) is 0 Å². The topological polar surface area (TPSA) is 26.3 Å². The number of rotatable bonds is 40. The predicted molar refractivity (Wildman–Crippen MR) is 220 cm³/mol. The van der Waals surface area contributed by atoms with Crippen LogP contribution in [0.25, 0.3) is 0 Å². The van der Waals surface area contributed by atoms with E-state index in [1.54, 1.807) is 0 Å². The first-order valence-electron chi connectivity index (χ1n) is 22.4. The Morgan fingerprint density at radius 1 is 0.375 bits per heavy atom. The molecule has 0 aromatic rings. The van der Waals surface area contributed by atoms with Crippen LogP contribution in [0.2, 0.25) is 18.1 Å². The maximum atomic E-state index is 13.6. The molecule has 3 heteroatoms. The first-order chi connectivity index (χ1) is 23.6. The van der Waals surface area contributed by atoms with Crippen molar-refractivity contribution < 1.29 is 9.53 Å². The summed E-state index contributed by atoms with van der Waals surface area (Å²) in [5.74, 6) is -0.0226. The van der Waals surface area contributed by atoms with Crippen LogP contribution in [0.1, 0.15) is 246 Å². The molecule has 0 saturated heterocycles. The number of carbonyl (C=O) groups excluding carboxylic acids is 1. The zero-order valence-electron chi connectivity index (χ0n) is 33.9. The van der Waals surface area contributed by atoms with Gasteiger partial charge in [0.05, 0.1) is 14.7 Å². The maximum absolute atomic E-state index is 13.6. The summed E-state index contributed by atoms with van der Waals surface area (Å²) in [5, 5.41) is 0.953.